The number of aliphatic hydroxyl groups excluding tert-OH is 8. The van der Waals surface area contributed by atoms with Crippen LogP contribution in [0.5, 0.6) is 0 Å². The molecule has 0 aromatic rings. The maximum atomic E-state index is 8.20. The van der Waals surface area contributed by atoms with Gasteiger partial charge in [-0.2, -0.15) is 0 Å². The average molecular weight is 1240 g/mol. The van der Waals surface area contributed by atoms with E-state index in [9.17, 15) is 0 Å². The van der Waals surface area contributed by atoms with Gasteiger partial charge in [0.15, 0.2) is 0 Å². The second-order valence-electron chi connectivity index (χ2n) is 15.8. The topological polar surface area (TPSA) is 273 Å². The lowest BCUT2D eigenvalue weighted by molar-refractivity contribution is 0.102. The first-order valence-corrected chi connectivity index (χ1v) is 30.7. The molecule has 0 radical (unpaired) electrons. The van der Waals surface area contributed by atoms with Crippen LogP contribution in [0.2, 0.25) is 0 Å². The highest BCUT2D eigenvalue weighted by atomic mass is 16.5. The molecule has 0 aliphatic heterocycles. The third kappa shape index (κ3) is 311. The maximum absolute atomic E-state index is 8.20. The van der Waals surface area contributed by atoms with Crippen LogP contribution in [0.1, 0.15) is 186 Å². The molecule has 524 valence electrons. The Labute approximate surface area is 521 Å². The molecule has 8 N–H and O–H groups in total. The van der Waals surface area contributed by atoms with Gasteiger partial charge >= 0.3 is 0 Å². The zero-order chi connectivity index (χ0) is 67.6. The van der Waals surface area contributed by atoms with E-state index in [1.54, 1.807) is 70.7 Å². The van der Waals surface area contributed by atoms with Crippen molar-refractivity contribution in [2.45, 2.75) is 186 Å². The van der Waals surface area contributed by atoms with E-state index in [2.05, 4.69) is 93.6 Å². The van der Waals surface area contributed by atoms with Crippen LogP contribution in [0, 0.1) is 23.7 Å². The molecule has 0 aliphatic rings. The minimum atomic E-state index is 0.133. The Morgan fingerprint density at radius 2 is 0.452 bits per heavy atom. The van der Waals surface area contributed by atoms with Gasteiger partial charge in [-0.05, 0) is 106 Å². The van der Waals surface area contributed by atoms with Crippen molar-refractivity contribution in [1.29, 1.82) is 0 Å². The van der Waals surface area contributed by atoms with Gasteiger partial charge in [0.05, 0.1) is 39.6 Å². The molecule has 0 fully saturated rings. The molecule has 0 unspecified atom stereocenters. The predicted molar refractivity (Wildman–Crippen MR) is 352 cm³/mol. The third-order valence-corrected chi connectivity index (χ3v) is 7.77. The summed E-state index contributed by atoms with van der Waals surface area (Å²) < 4.78 is 56.8. The summed E-state index contributed by atoms with van der Waals surface area (Å²) in [6.07, 6.45) is 16.7. The van der Waals surface area contributed by atoms with Crippen molar-refractivity contribution in [3.05, 3.63) is 0 Å². The molecule has 84 heavy (non-hydrogen) atoms. The fourth-order valence-electron chi connectivity index (χ4n) is 3.39. The molecule has 0 spiro atoms. The van der Waals surface area contributed by atoms with Crippen LogP contribution in [0.4, 0.5) is 0 Å². The molecule has 0 amide bonds. The third-order valence-electron chi connectivity index (χ3n) is 7.77. The fraction of sp³-hybridized carbons (Fsp3) is 0.938. The zero-order valence-electron chi connectivity index (χ0n) is 58.8. The molecule has 0 aromatic heterocycles. The SMILES string of the molecule is CC#CCOC.CC#CCOC.CCCCCO.CCCCCO.CCCCOC.CCCCOC.CCCOCC.CCCOCC.CCOCCO.CCOCCO.COCCCO.COCCCO.COCCOC.OCCCCO. The fourth-order valence-corrected chi connectivity index (χ4v) is 3.39. The average Bonchev–Trinajstić information content (AvgIpc) is 3.53. The van der Waals surface area contributed by atoms with Crippen molar-refractivity contribution in [3.63, 3.8) is 0 Å². The molecule has 0 aliphatic carbocycles. The van der Waals surface area contributed by atoms with E-state index in [1.165, 1.54) is 38.5 Å². The molecule has 0 rings (SSSR count). The van der Waals surface area contributed by atoms with Crippen LogP contribution < -0.4 is 0 Å². The highest BCUT2D eigenvalue weighted by molar-refractivity contribution is 4.94. The molecular formula is C64H148O20. The van der Waals surface area contributed by atoms with Gasteiger partial charge in [-0.25, -0.2) is 0 Å². The van der Waals surface area contributed by atoms with E-state index in [1.807, 2.05) is 27.7 Å². The van der Waals surface area contributed by atoms with Gasteiger partial charge in [0, 0.05) is 163 Å². The van der Waals surface area contributed by atoms with E-state index in [4.69, 9.17) is 69.3 Å². The van der Waals surface area contributed by atoms with E-state index >= 15 is 0 Å². The molecule has 20 nitrogen and oxygen atoms in total. The number of aliphatic hydroxyl groups is 8. The van der Waals surface area contributed by atoms with Crippen LogP contribution in [-0.2, 0) is 56.8 Å². The summed E-state index contributed by atoms with van der Waals surface area (Å²) in [4.78, 5) is 0. The Balaban J connectivity index is -0.0000000524. The molecule has 0 atom stereocenters. The summed E-state index contributed by atoms with van der Waals surface area (Å²) in [5, 5.41) is 64.9. The minimum absolute atomic E-state index is 0.133. The molecule has 20 heteroatoms. The van der Waals surface area contributed by atoms with Crippen molar-refractivity contribution in [2.24, 2.45) is 0 Å². The lowest BCUT2D eigenvalue weighted by atomic mass is 10.3. The van der Waals surface area contributed by atoms with Crippen molar-refractivity contribution >= 4 is 0 Å². The van der Waals surface area contributed by atoms with Gasteiger partial charge in [-0.1, -0.05) is 91.9 Å². The summed E-state index contributed by atoms with van der Waals surface area (Å²) in [5.74, 6) is 10.8. The van der Waals surface area contributed by atoms with E-state index < -0.39 is 0 Å². The number of unbranched alkanes of at least 4 members (excludes halogenated alkanes) is 7. The van der Waals surface area contributed by atoms with Crippen molar-refractivity contribution in [2.75, 3.05) is 215 Å². The summed E-state index contributed by atoms with van der Waals surface area (Å²) in [7, 11) is 13.3. The van der Waals surface area contributed by atoms with Gasteiger partial charge in [0.1, 0.15) is 13.2 Å². The Kier molecular flexibility index (Phi) is 247. The largest absolute Gasteiger partial charge is 0.396 e. The predicted octanol–water partition coefficient (Wildman–Crippen LogP) is 9.47. The highest BCUT2D eigenvalue weighted by Gasteiger charge is 1.81. The number of methoxy groups -OCH3 is 8. The van der Waals surface area contributed by atoms with Gasteiger partial charge in [-0.15, -0.1) is 11.8 Å². The first kappa shape index (κ1) is 117. The normalized spacial score (nSPS) is 8.62. The number of hydrogen-bond donors (Lipinski definition) is 8. The van der Waals surface area contributed by atoms with E-state index in [0.717, 1.165) is 104 Å². The number of ether oxygens (including phenoxy) is 12. The van der Waals surface area contributed by atoms with Gasteiger partial charge in [0.2, 0.25) is 0 Å². The molecule has 0 aromatic carbocycles. The first-order valence-electron chi connectivity index (χ1n) is 30.7. The van der Waals surface area contributed by atoms with Crippen molar-refractivity contribution in [3.8, 4) is 23.7 Å². The van der Waals surface area contributed by atoms with Crippen LogP contribution in [0.25, 0.3) is 0 Å². The van der Waals surface area contributed by atoms with Gasteiger partial charge < -0.3 is 97.7 Å². The summed E-state index contributed by atoms with van der Waals surface area (Å²) in [5.41, 5.74) is 0. The highest BCUT2D eigenvalue weighted by Crippen LogP contribution is 1.90. The Bertz CT molecular complexity index is 654. The second kappa shape index (κ2) is 178. The van der Waals surface area contributed by atoms with Crippen LogP contribution in [-0.4, -0.2) is 256 Å². The Hall–Kier alpha value is -1.68. The summed E-state index contributed by atoms with van der Waals surface area (Å²) in [6, 6.07) is 0. The number of rotatable bonds is 38. The zero-order valence-corrected chi connectivity index (χ0v) is 58.8. The Morgan fingerprint density at radius 3 is 0.548 bits per heavy atom. The van der Waals surface area contributed by atoms with Crippen LogP contribution in [0.3, 0.4) is 0 Å². The van der Waals surface area contributed by atoms with Crippen molar-refractivity contribution in [1.82, 2.24) is 0 Å². The molecule has 0 heterocycles. The number of hydrogen-bond acceptors (Lipinski definition) is 20. The minimum Gasteiger partial charge on any atom is -0.396 e. The lowest BCUT2D eigenvalue weighted by Gasteiger charge is -1.91. The van der Waals surface area contributed by atoms with Crippen molar-refractivity contribution < 1.29 is 97.7 Å². The van der Waals surface area contributed by atoms with E-state index in [0.29, 0.717) is 79.3 Å². The van der Waals surface area contributed by atoms with Crippen LogP contribution in [0.15, 0.2) is 0 Å². The Morgan fingerprint density at radius 1 is 0.226 bits per heavy atom. The van der Waals surface area contributed by atoms with Crippen LogP contribution >= 0.6 is 0 Å². The van der Waals surface area contributed by atoms with E-state index in [-0.39, 0.29) is 39.6 Å². The molecule has 0 saturated heterocycles. The molecule has 0 saturated carbocycles. The van der Waals surface area contributed by atoms with Gasteiger partial charge in [0.25, 0.3) is 0 Å². The standard InChI is InChI=1S/2C5H12O.2C5H8O.4C5H12O.6C4H10O2/c4*1-3-4-5-6-2;2*1-3-5-6-4-2;2*1-2-3-4-5-6;1-5-3-4-6-2;2*1-6-4-2-3-5;2*1-2-6-4-3-5;5-3-1-2-4-6/h2*3-5H2,1-2H3;2*5H2,1-2H3;2*3-5H2,1-2H3;2*6H,2-5H2,1H3;3-4H2,1-2H3;4*5H,2-4H2,1H3;5-6H,1-4H2. The quantitative estimate of drug-likeness (QED) is 0.0211. The molecule has 0 bridgehead atoms. The monoisotopic (exact) mass is 1240 g/mol. The summed E-state index contributed by atoms with van der Waals surface area (Å²) >= 11 is 0. The molecular weight excluding hydrogens is 1090 g/mol. The van der Waals surface area contributed by atoms with Gasteiger partial charge in [-0.3, -0.25) is 0 Å². The first-order chi connectivity index (χ1) is 40.8. The summed E-state index contributed by atoms with van der Waals surface area (Å²) in [6.45, 7) is 37.5. The second-order valence-corrected chi connectivity index (χ2v) is 15.8. The lowest BCUT2D eigenvalue weighted by Crippen LogP contribution is -1.96. The maximum Gasteiger partial charge on any atom is 0.107 e. The smallest absolute Gasteiger partial charge is 0.107 e.